The molecule has 0 aromatic carbocycles. The van der Waals surface area contributed by atoms with Gasteiger partial charge in [-0.2, -0.15) is 0 Å². The summed E-state index contributed by atoms with van der Waals surface area (Å²) in [6.07, 6.45) is 9.10. The van der Waals surface area contributed by atoms with Crippen LogP contribution in [0.15, 0.2) is 0 Å². The number of hydrogen-bond acceptors (Lipinski definition) is 3. The van der Waals surface area contributed by atoms with E-state index in [-0.39, 0.29) is 5.91 Å². The normalized spacial score (nSPS) is 30.4. The number of hydrogen-bond donors (Lipinski definition) is 2. The second-order valence-electron chi connectivity index (χ2n) is 6.91. The van der Waals surface area contributed by atoms with Gasteiger partial charge in [0.15, 0.2) is 0 Å². The lowest BCUT2D eigenvalue weighted by molar-refractivity contribution is -0.125. The molecule has 1 amide bonds. The molecular weight excluding hydrogens is 250 g/mol. The molecule has 1 aliphatic heterocycles. The first kappa shape index (κ1) is 15.8. The summed E-state index contributed by atoms with van der Waals surface area (Å²) in [6, 6.07) is 1.04. The van der Waals surface area contributed by atoms with Gasteiger partial charge in [0.05, 0.1) is 5.54 Å². The van der Waals surface area contributed by atoms with E-state index in [2.05, 4.69) is 24.1 Å². The molecule has 0 aromatic heterocycles. The van der Waals surface area contributed by atoms with Gasteiger partial charge in [-0.15, -0.1) is 0 Å². The van der Waals surface area contributed by atoms with Crippen molar-refractivity contribution in [1.29, 1.82) is 0 Å². The maximum absolute atomic E-state index is 12.1. The van der Waals surface area contributed by atoms with Crippen molar-refractivity contribution in [3.05, 3.63) is 0 Å². The number of amides is 1. The van der Waals surface area contributed by atoms with E-state index >= 15 is 0 Å². The Morgan fingerprint density at radius 3 is 2.45 bits per heavy atom. The van der Waals surface area contributed by atoms with Gasteiger partial charge in [-0.3, -0.25) is 4.79 Å². The van der Waals surface area contributed by atoms with Crippen LogP contribution < -0.4 is 11.1 Å². The van der Waals surface area contributed by atoms with E-state index in [1.807, 2.05) is 0 Å². The number of carbonyl (C=O) groups excluding carboxylic acids is 1. The van der Waals surface area contributed by atoms with Crippen LogP contribution in [0, 0.1) is 0 Å². The minimum absolute atomic E-state index is 0.145. The molecular formula is C16H31N3O. The first-order chi connectivity index (χ1) is 9.53. The van der Waals surface area contributed by atoms with E-state index in [9.17, 15) is 4.79 Å². The fraction of sp³-hybridized carbons (Fsp3) is 0.938. The van der Waals surface area contributed by atoms with E-state index in [1.165, 1.54) is 32.1 Å². The van der Waals surface area contributed by atoms with E-state index in [1.54, 1.807) is 0 Å². The average molecular weight is 281 g/mol. The maximum atomic E-state index is 12.1. The van der Waals surface area contributed by atoms with E-state index < -0.39 is 5.54 Å². The second kappa shape index (κ2) is 6.90. The summed E-state index contributed by atoms with van der Waals surface area (Å²) >= 11 is 0. The first-order valence-electron chi connectivity index (χ1n) is 8.35. The quantitative estimate of drug-likeness (QED) is 0.829. The third-order valence-electron chi connectivity index (χ3n) is 5.16. The molecule has 4 heteroatoms. The fourth-order valence-corrected chi connectivity index (χ4v) is 3.77. The minimum atomic E-state index is -0.467. The Labute approximate surface area is 123 Å². The Bertz CT molecular complexity index is 326. The Balaban J connectivity index is 2.03. The van der Waals surface area contributed by atoms with Crippen molar-refractivity contribution in [2.75, 3.05) is 13.1 Å². The number of rotatable bonds is 4. The second-order valence-corrected chi connectivity index (χ2v) is 6.91. The van der Waals surface area contributed by atoms with Gasteiger partial charge >= 0.3 is 0 Å². The standard InChI is InChI=1S/C16H31N3O/c1-13(2)19-11-6-9-16(10-12-19,15(17)20)18-14-7-4-3-5-8-14/h13-14,18H,3-12H2,1-2H3,(H2,17,20). The van der Waals surface area contributed by atoms with Crippen molar-refractivity contribution in [3.63, 3.8) is 0 Å². The van der Waals surface area contributed by atoms with Crippen LogP contribution in [-0.4, -0.2) is 41.5 Å². The third kappa shape index (κ3) is 3.73. The molecule has 2 aliphatic rings. The van der Waals surface area contributed by atoms with Gasteiger partial charge in [0.25, 0.3) is 0 Å². The number of carbonyl (C=O) groups is 1. The molecule has 1 saturated heterocycles. The lowest BCUT2D eigenvalue weighted by Crippen LogP contribution is -2.59. The van der Waals surface area contributed by atoms with Crippen molar-refractivity contribution in [3.8, 4) is 0 Å². The van der Waals surface area contributed by atoms with Gasteiger partial charge in [-0.1, -0.05) is 19.3 Å². The third-order valence-corrected chi connectivity index (χ3v) is 5.16. The molecule has 3 N–H and O–H groups in total. The van der Waals surface area contributed by atoms with Crippen molar-refractivity contribution < 1.29 is 4.79 Å². The zero-order valence-electron chi connectivity index (χ0n) is 13.2. The topological polar surface area (TPSA) is 58.4 Å². The van der Waals surface area contributed by atoms with Gasteiger partial charge < -0.3 is 16.0 Å². The van der Waals surface area contributed by atoms with Crippen LogP contribution in [0.2, 0.25) is 0 Å². The van der Waals surface area contributed by atoms with Crippen LogP contribution in [0.5, 0.6) is 0 Å². The molecule has 4 nitrogen and oxygen atoms in total. The van der Waals surface area contributed by atoms with Crippen LogP contribution >= 0.6 is 0 Å². The molecule has 1 saturated carbocycles. The molecule has 0 aromatic rings. The predicted molar refractivity (Wildman–Crippen MR) is 82.5 cm³/mol. The van der Waals surface area contributed by atoms with Gasteiger partial charge in [-0.05, 0) is 52.5 Å². The number of primary amides is 1. The minimum Gasteiger partial charge on any atom is -0.368 e. The summed E-state index contributed by atoms with van der Waals surface area (Å²) in [5.41, 5.74) is 5.32. The fourth-order valence-electron chi connectivity index (χ4n) is 3.77. The summed E-state index contributed by atoms with van der Waals surface area (Å²) in [5, 5.41) is 3.67. The van der Waals surface area contributed by atoms with Gasteiger partial charge in [0, 0.05) is 18.6 Å². The Morgan fingerprint density at radius 2 is 1.85 bits per heavy atom. The highest BCUT2D eigenvalue weighted by molar-refractivity contribution is 5.84. The summed E-state index contributed by atoms with van der Waals surface area (Å²) in [5.74, 6) is -0.145. The van der Waals surface area contributed by atoms with E-state index in [4.69, 9.17) is 5.73 Å². The van der Waals surface area contributed by atoms with Gasteiger partial charge in [-0.25, -0.2) is 0 Å². The van der Waals surface area contributed by atoms with Crippen molar-refractivity contribution in [2.45, 2.75) is 82.8 Å². The zero-order valence-corrected chi connectivity index (χ0v) is 13.2. The number of nitrogens with zero attached hydrogens (tertiary/aromatic N) is 1. The van der Waals surface area contributed by atoms with Gasteiger partial charge in [0.2, 0.25) is 5.91 Å². The number of nitrogens with one attached hydrogen (secondary N) is 1. The Kier molecular flexibility index (Phi) is 5.44. The molecule has 1 unspecified atom stereocenters. The smallest absolute Gasteiger partial charge is 0.237 e. The molecule has 2 fully saturated rings. The highest BCUT2D eigenvalue weighted by atomic mass is 16.1. The van der Waals surface area contributed by atoms with Crippen LogP contribution in [0.4, 0.5) is 0 Å². The largest absolute Gasteiger partial charge is 0.368 e. The summed E-state index contributed by atoms with van der Waals surface area (Å²) in [7, 11) is 0. The Hall–Kier alpha value is -0.610. The molecule has 2 rings (SSSR count). The molecule has 0 bridgehead atoms. The van der Waals surface area contributed by atoms with Gasteiger partial charge in [0.1, 0.15) is 0 Å². The highest BCUT2D eigenvalue weighted by Crippen LogP contribution is 2.27. The van der Waals surface area contributed by atoms with E-state index in [0.29, 0.717) is 12.1 Å². The van der Waals surface area contributed by atoms with Crippen molar-refractivity contribution >= 4 is 5.91 Å². The summed E-state index contributed by atoms with van der Waals surface area (Å²) < 4.78 is 0. The number of nitrogens with two attached hydrogens (primary N) is 1. The molecule has 20 heavy (non-hydrogen) atoms. The monoisotopic (exact) mass is 281 g/mol. The average Bonchev–Trinajstić information content (AvgIpc) is 2.63. The van der Waals surface area contributed by atoms with E-state index in [0.717, 1.165) is 32.4 Å². The maximum Gasteiger partial charge on any atom is 0.237 e. The predicted octanol–water partition coefficient (Wildman–Crippen LogP) is 2.03. The van der Waals surface area contributed by atoms with Crippen LogP contribution in [0.25, 0.3) is 0 Å². The SMILES string of the molecule is CC(C)N1CCCC(NC2CCCCC2)(C(N)=O)CC1. The number of likely N-dealkylation sites (tertiary alicyclic amines) is 1. The highest BCUT2D eigenvalue weighted by Gasteiger charge is 2.40. The molecule has 1 atom stereocenters. The van der Waals surface area contributed by atoms with Crippen LogP contribution in [0.1, 0.15) is 65.2 Å². The molecule has 1 heterocycles. The molecule has 116 valence electrons. The van der Waals surface area contributed by atoms with Crippen molar-refractivity contribution in [2.24, 2.45) is 5.73 Å². The summed E-state index contributed by atoms with van der Waals surface area (Å²) in [6.45, 7) is 6.51. The molecule has 1 aliphatic carbocycles. The lowest BCUT2D eigenvalue weighted by atomic mass is 9.86. The summed E-state index contributed by atoms with van der Waals surface area (Å²) in [4.78, 5) is 14.6. The Morgan fingerprint density at radius 1 is 1.15 bits per heavy atom. The molecule has 0 spiro atoms. The molecule has 0 radical (unpaired) electrons. The van der Waals surface area contributed by atoms with Crippen LogP contribution in [-0.2, 0) is 4.79 Å². The lowest BCUT2D eigenvalue weighted by Gasteiger charge is -2.37. The van der Waals surface area contributed by atoms with Crippen molar-refractivity contribution in [1.82, 2.24) is 10.2 Å². The zero-order chi connectivity index (χ0) is 14.6. The van der Waals surface area contributed by atoms with Crippen LogP contribution in [0.3, 0.4) is 0 Å². The first-order valence-corrected chi connectivity index (χ1v) is 8.35.